The van der Waals surface area contributed by atoms with Gasteiger partial charge in [-0.2, -0.15) is 5.10 Å². The van der Waals surface area contributed by atoms with E-state index in [9.17, 15) is 0 Å². The van der Waals surface area contributed by atoms with Crippen molar-refractivity contribution in [1.82, 2.24) is 20.0 Å². The molecule has 0 radical (unpaired) electrons. The molecule has 0 bridgehead atoms. The molecular weight excluding hydrogens is 250 g/mol. The molecule has 0 fully saturated rings. The Morgan fingerprint density at radius 1 is 1.25 bits per heavy atom. The Bertz CT molecular complexity index is 629. The molecule has 0 atom stereocenters. The van der Waals surface area contributed by atoms with Crippen LogP contribution in [0.25, 0.3) is 11.1 Å². The summed E-state index contributed by atoms with van der Waals surface area (Å²) in [5.74, 6) is 0.983. The van der Waals surface area contributed by atoms with Crippen LogP contribution in [0, 0.1) is 0 Å². The third-order valence-electron chi connectivity index (χ3n) is 3.47. The molecule has 5 nitrogen and oxygen atoms in total. The highest BCUT2D eigenvalue weighted by molar-refractivity contribution is 5.81. The summed E-state index contributed by atoms with van der Waals surface area (Å²) in [4.78, 5) is 6.58. The summed E-state index contributed by atoms with van der Waals surface area (Å²) >= 11 is 0. The third-order valence-corrected chi connectivity index (χ3v) is 3.47. The van der Waals surface area contributed by atoms with Crippen LogP contribution in [0.15, 0.2) is 41.7 Å². The molecule has 0 unspecified atom stereocenters. The van der Waals surface area contributed by atoms with Gasteiger partial charge in [-0.15, -0.1) is 0 Å². The maximum Gasteiger partial charge on any atom is 0.194 e. The predicted octanol–water partition coefficient (Wildman–Crippen LogP) is 1.48. The Labute approximate surface area is 118 Å². The molecule has 1 aliphatic rings. The summed E-state index contributed by atoms with van der Waals surface area (Å²) in [5, 5.41) is 7.60. The van der Waals surface area contributed by atoms with Crippen LogP contribution in [0.1, 0.15) is 5.56 Å². The van der Waals surface area contributed by atoms with E-state index < -0.39 is 0 Å². The fraction of sp³-hybridized carbons (Fsp3) is 0.333. The lowest BCUT2D eigenvalue weighted by molar-refractivity contribution is 0.534. The Hall–Kier alpha value is -2.30. The molecule has 0 spiro atoms. The summed E-state index contributed by atoms with van der Waals surface area (Å²) in [6, 6.07) is 8.52. The Balaban J connectivity index is 1.71. The predicted molar refractivity (Wildman–Crippen MR) is 80.4 cm³/mol. The number of likely N-dealkylation sites (N-methyl/N-ethyl adjacent to an activating group) is 1. The van der Waals surface area contributed by atoms with Gasteiger partial charge in [-0.05, 0) is 17.2 Å². The van der Waals surface area contributed by atoms with Gasteiger partial charge in [-0.3, -0.25) is 9.67 Å². The largest absolute Gasteiger partial charge is 0.352 e. The van der Waals surface area contributed by atoms with Crippen LogP contribution in [0.4, 0.5) is 0 Å². The van der Waals surface area contributed by atoms with Crippen molar-refractivity contribution in [3.05, 3.63) is 42.2 Å². The minimum Gasteiger partial charge on any atom is -0.352 e. The molecule has 1 aromatic carbocycles. The smallest absolute Gasteiger partial charge is 0.194 e. The molecule has 1 aromatic heterocycles. The minimum absolute atomic E-state index is 0.789. The highest BCUT2D eigenvalue weighted by Crippen LogP contribution is 2.19. The van der Waals surface area contributed by atoms with Crippen LogP contribution in [0.2, 0.25) is 0 Å². The molecule has 2 heterocycles. The summed E-state index contributed by atoms with van der Waals surface area (Å²) in [6.45, 7) is 2.67. The van der Waals surface area contributed by atoms with E-state index in [0.29, 0.717) is 0 Å². The van der Waals surface area contributed by atoms with Crippen molar-refractivity contribution >= 4 is 5.96 Å². The van der Waals surface area contributed by atoms with E-state index in [1.165, 1.54) is 11.1 Å². The highest BCUT2D eigenvalue weighted by Gasteiger charge is 2.11. The molecule has 0 aliphatic carbocycles. The molecule has 2 aromatic rings. The van der Waals surface area contributed by atoms with Gasteiger partial charge >= 0.3 is 0 Å². The molecule has 20 heavy (non-hydrogen) atoms. The Morgan fingerprint density at radius 2 is 2.15 bits per heavy atom. The number of aliphatic imine (C=N–C) groups is 1. The van der Waals surface area contributed by atoms with E-state index in [4.69, 9.17) is 0 Å². The fourth-order valence-electron chi connectivity index (χ4n) is 2.34. The van der Waals surface area contributed by atoms with E-state index in [1.807, 2.05) is 24.1 Å². The normalized spacial score (nSPS) is 14.5. The number of aromatic nitrogens is 2. The van der Waals surface area contributed by atoms with E-state index in [1.54, 1.807) is 0 Å². The van der Waals surface area contributed by atoms with Crippen LogP contribution in [-0.4, -0.2) is 40.8 Å². The fourth-order valence-corrected chi connectivity index (χ4v) is 2.34. The number of benzene rings is 1. The minimum atomic E-state index is 0.789. The number of aryl methyl sites for hydroxylation is 1. The van der Waals surface area contributed by atoms with Crippen LogP contribution < -0.4 is 5.32 Å². The third kappa shape index (κ3) is 2.66. The lowest BCUT2D eigenvalue weighted by Crippen LogP contribution is -2.35. The van der Waals surface area contributed by atoms with E-state index in [2.05, 4.69) is 51.6 Å². The molecule has 0 amide bonds. The van der Waals surface area contributed by atoms with Crippen molar-refractivity contribution in [2.75, 3.05) is 20.1 Å². The van der Waals surface area contributed by atoms with E-state index >= 15 is 0 Å². The molecular formula is C15H19N5. The second kappa shape index (κ2) is 5.36. The van der Waals surface area contributed by atoms with Gasteiger partial charge in [-0.1, -0.05) is 18.2 Å². The van der Waals surface area contributed by atoms with Crippen LogP contribution in [0.3, 0.4) is 0 Å². The molecule has 0 saturated heterocycles. The standard InChI is InChI=1S/C15H19N5/c1-19-7-6-16-15(19)17-9-12-4-3-5-13(8-12)14-10-18-20(2)11-14/h3-5,8,10-11H,6-7,9H2,1-2H3,(H,16,17). The maximum absolute atomic E-state index is 4.43. The summed E-state index contributed by atoms with van der Waals surface area (Å²) in [6.07, 6.45) is 3.92. The monoisotopic (exact) mass is 269 g/mol. The zero-order valence-electron chi connectivity index (χ0n) is 11.9. The molecule has 0 saturated carbocycles. The first-order chi connectivity index (χ1) is 9.72. The first-order valence-electron chi connectivity index (χ1n) is 6.80. The molecule has 1 N–H and O–H groups in total. The van der Waals surface area contributed by atoms with Crippen molar-refractivity contribution < 1.29 is 0 Å². The molecule has 3 rings (SSSR count). The lowest BCUT2D eigenvalue weighted by Gasteiger charge is -2.15. The van der Waals surface area contributed by atoms with Crippen molar-refractivity contribution in [3.63, 3.8) is 0 Å². The van der Waals surface area contributed by atoms with Gasteiger partial charge in [0.15, 0.2) is 5.96 Å². The number of nitrogens with zero attached hydrogens (tertiary/aromatic N) is 4. The molecule has 1 aliphatic heterocycles. The number of guanidine groups is 1. The lowest BCUT2D eigenvalue weighted by atomic mass is 10.1. The topological polar surface area (TPSA) is 45.4 Å². The molecule has 5 heteroatoms. The summed E-state index contributed by atoms with van der Waals surface area (Å²) < 4.78 is 1.82. The SMILES string of the molecule is CN1CCN=C1NCc1cccc(-c2cnn(C)c2)c1. The highest BCUT2D eigenvalue weighted by atomic mass is 15.3. The van der Waals surface area contributed by atoms with Crippen molar-refractivity contribution in [1.29, 1.82) is 0 Å². The van der Waals surface area contributed by atoms with E-state index in [-0.39, 0.29) is 0 Å². The first-order valence-corrected chi connectivity index (χ1v) is 6.80. The van der Waals surface area contributed by atoms with Crippen LogP contribution in [-0.2, 0) is 13.6 Å². The molecule has 104 valence electrons. The maximum atomic E-state index is 4.43. The average Bonchev–Trinajstić information content (AvgIpc) is 3.06. The Morgan fingerprint density at radius 3 is 2.85 bits per heavy atom. The van der Waals surface area contributed by atoms with Gasteiger partial charge in [0, 0.05) is 38.9 Å². The van der Waals surface area contributed by atoms with Gasteiger partial charge in [0.2, 0.25) is 0 Å². The second-order valence-electron chi connectivity index (χ2n) is 5.08. The zero-order chi connectivity index (χ0) is 13.9. The van der Waals surface area contributed by atoms with Crippen molar-refractivity contribution in [2.45, 2.75) is 6.54 Å². The van der Waals surface area contributed by atoms with Crippen LogP contribution >= 0.6 is 0 Å². The van der Waals surface area contributed by atoms with Crippen LogP contribution in [0.5, 0.6) is 0 Å². The van der Waals surface area contributed by atoms with Gasteiger partial charge in [0.05, 0.1) is 12.7 Å². The van der Waals surface area contributed by atoms with Gasteiger partial charge < -0.3 is 10.2 Å². The quantitative estimate of drug-likeness (QED) is 0.918. The number of nitrogens with one attached hydrogen (secondary N) is 1. The van der Waals surface area contributed by atoms with Crippen molar-refractivity contribution in [2.24, 2.45) is 12.0 Å². The summed E-state index contributed by atoms with van der Waals surface area (Å²) in [7, 11) is 3.99. The number of hydrogen-bond donors (Lipinski definition) is 1. The second-order valence-corrected chi connectivity index (χ2v) is 5.08. The number of rotatable bonds is 3. The summed E-state index contributed by atoms with van der Waals surface area (Å²) in [5.41, 5.74) is 3.58. The zero-order valence-corrected chi connectivity index (χ0v) is 11.9. The van der Waals surface area contributed by atoms with Gasteiger partial charge in [-0.25, -0.2) is 0 Å². The van der Waals surface area contributed by atoms with Crippen molar-refractivity contribution in [3.8, 4) is 11.1 Å². The Kier molecular flexibility index (Phi) is 3.41. The average molecular weight is 269 g/mol. The first kappa shape index (κ1) is 12.7. The van der Waals surface area contributed by atoms with Gasteiger partial charge in [0.1, 0.15) is 0 Å². The van der Waals surface area contributed by atoms with Gasteiger partial charge in [0.25, 0.3) is 0 Å². The number of hydrogen-bond acceptors (Lipinski definition) is 4. The van der Waals surface area contributed by atoms with E-state index in [0.717, 1.165) is 31.2 Å².